The lowest BCUT2D eigenvalue weighted by atomic mass is 10.0. The number of alkyl halides is 9. The summed E-state index contributed by atoms with van der Waals surface area (Å²) in [7, 11) is 0. The van der Waals surface area contributed by atoms with Crippen LogP contribution in [-0.4, -0.2) is 80.6 Å². The van der Waals surface area contributed by atoms with Gasteiger partial charge in [0.05, 0.1) is 0 Å². The van der Waals surface area contributed by atoms with E-state index >= 15 is 0 Å². The summed E-state index contributed by atoms with van der Waals surface area (Å²) in [6.07, 6.45) is -14.0. The highest BCUT2D eigenvalue weighted by atomic mass is 19.4. The molecule has 1 aliphatic heterocycles. The van der Waals surface area contributed by atoms with E-state index in [1.807, 2.05) is 0 Å². The lowest BCUT2D eigenvalue weighted by Crippen LogP contribution is -2.37. The van der Waals surface area contributed by atoms with E-state index in [0.717, 1.165) is 0 Å². The van der Waals surface area contributed by atoms with Gasteiger partial charge >= 0.3 is 24.5 Å². The molecule has 0 bridgehead atoms. The Hall–Kier alpha value is -4.64. The van der Waals surface area contributed by atoms with Crippen LogP contribution in [0, 0.1) is 28.3 Å². The molecule has 55 heavy (non-hydrogen) atoms. The highest BCUT2D eigenvalue weighted by molar-refractivity contribution is 5.84. The Balaban J connectivity index is 0.000000286. The number of likely N-dealkylation sites (tertiary alicyclic amines) is 1. The number of aromatic nitrogens is 2. The molecule has 24 heteroatoms. The third kappa shape index (κ3) is 9.79. The monoisotopic (exact) mass is 815 g/mol. The molecule has 2 heterocycles. The van der Waals surface area contributed by atoms with Gasteiger partial charge in [0, 0.05) is 25.1 Å². The molecule has 4 aliphatic rings. The Morgan fingerprint density at radius 3 is 1.78 bits per heavy atom. The molecule has 2 atom stereocenters. The maximum atomic E-state index is 13.8. The van der Waals surface area contributed by atoms with E-state index in [0.29, 0.717) is 31.5 Å². The number of carboxylic acid groups (broad SMARTS) is 2. The van der Waals surface area contributed by atoms with Crippen molar-refractivity contribution in [1.82, 2.24) is 15.0 Å². The molecule has 3 saturated carbocycles. The largest absolute Gasteiger partial charge is 0.483 e. The number of primary amides is 1. The number of carbonyl (C=O) groups is 4. The van der Waals surface area contributed by atoms with Gasteiger partial charge < -0.3 is 31.1 Å². The number of hydrogen-bond donors (Lipinski definition) is 4. The maximum Gasteiger partial charge on any atom is 0.404 e. The van der Waals surface area contributed by atoms with E-state index in [1.54, 1.807) is 0 Å². The first kappa shape index (κ1) is 44.8. The fourth-order valence-electron chi connectivity index (χ4n) is 5.60. The zero-order valence-corrected chi connectivity index (χ0v) is 28.1. The third-order valence-electron chi connectivity index (χ3n) is 9.50. The van der Waals surface area contributed by atoms with Gasteiger partial charge in [0.15, 0.2) is 22.9 Å². The summed E-state index contributed by atoms with van der Waals surface area (Å²) in [6.45, 7) is 0.0673. The Morgan fingerprint density at radius 2 is 1.40 bits per heavy atom. The number of carbonyl (C=O) groups excluding carboxylic acids is 2. The van der Waals surface area contributed by atoms with Crippen LogP contribution in [0.25, 0.3) is 0 Å². The van der Waals surface area contributed by atoms with Crippen LogP contribution in [-0.2, 0) is 31.0 Å². The SMILES string of the molecule is NC(=O)C1(C(F)(F)F)CC1.N[C@@H](CC(=O)N1CCC[C@H]1c1nc(C2(C(F)(F)F)CC2)no1)Cc1cc(F)c(F)cc1F.O=C(O)C1(C(F)(F)F)CC1.O=CO. The van der Waals surface area contributed by atoms with Crippen molar-refractivity contribution < 1.29 is 86.6 Å². The molecule has 3 aliphatic carbocycles. The number of benzene rings is 1. The second-order valence-corrected chi connectivity index (χ2v) is 13.2. The number of halogens is 12. The molecule has 0 spiro atoms. The van der Waals surface area contributed by atoms with E-state index < -0.39 is 87.9 Å². The van der Waals surface area contributed by atoms with Gasteiger partial charge in [-0.1, -0.05) is 5.16 Å². The first-order valence-electron chi connectivity index (χ1n) is 16.1. The molecule has 4 fully saturated rings. The molecule has 12 nitrogen and oxygen atoms in total. The number of nitrogens with two attached hydrogens (primary N) is 2. The van der Waals surface area contributed by atoms with Crippen LogP contribution in [0.1, 0.15) is 81.1 Å². The van der Waals surface area contributed by atoms with Crippen molar-refractivity contribution in [1.29, 1.82) is 0 Å². The minimum Gasteiger partial charge on any atom is -0.483 e. The minimum absolute atomic E-state index is 0.0680. The summed E-state index contributed by atoms with van der Waals surface area (Å²) in [5.41, 5.74) is 3.67. The fourth-order valence-corrected chi connectivity index (χ4v) is 5.60. The minimum atomic E-state index is -4.57. The molecule has 308 valence electrons. The van der Waals surface area contributed by atoms with Gasteiger partial charge in [-0.05, 0) is 69.4 Å². The first-order chi connectivity index (χ1) is 25.2. The Kier molecular flexibility index (Phi) is 13.2. The smallest absolute Gasteiger partial charge is 0.404 e. The Bertz CT molecular complexity index is 1680. The Labute approximate surface area is 302 Å². The highest BCUT2D eigenvalue weighted by Crippen LogP contribution is 2.59. The summed E-state index contributed by atoms with van der Waals surface area (Å²) < 4.78 is 156. The highest BCUT2D eigenvalue weighted by Gasteiger charge is 2.70. The van der Waals surface area contributed by atoms with E-state index in [2.05, 4.69) is 15.9 Å². The van der Waals surface area contributed by atoms with E-state index in [-0.39, 0.29) is 69.3 Å². The van der Waals surface area contributed by atoms with Crippen molar-refractivity contribution in [2.75, 3.05) is 6.54 Å². The van der Waals surface area contributed by atoms with Crippen molar-refractivity contribution in [3.05, 3.63) is 46.9 Å². The molecule has 6 N–H and O–H groups in total. The van der Waals surface area contributed by atoms with Crippen LogP contribution >= 0.6 is 0 Å². The normalized spacial score (nSPS) is 20.6. The number of rotatable bonds is 8. The molecule has 1 aromatic heterocycles. The van der Waals surface area contributed by atoms with Gasteiger partial charge in [-0.15, -0.1) is 0 Å². The molecule has 6 rings (SSSR count). The number of nitrogens with zero attached hydrogens (tertiary/aromatic N) is 3. The second-order valence-electron chi connectivity index (χ2n) is 13.2. The predicted octanol–water partition coefficient (Wildman–Crippen LogP) is 5.63. The van der Waals surface area contributed by atoms with Crippen molar-refractivity contribution in [2.45, 2.75) is 100 Å². The van der Waals surface area contributed by atoms with Gasteiger partial charge in [-0.25, -0.2) is 13.2 Å². The summed E-state index contributed by atoms with van der Waals surface area (Å²) in [6, 6.07) is -0.459. The van der Waals surface area contributed by atoms with E-state index in [4.69, 9.17) is 25.3 Å². The predicted molar refractivity (Wildman–Crippen MR) is 159 cm³/mol. The molecule has 0 unspecified atom stereocenters. The van der Waals surface area contributed by atoms with Crippen LogP contribution in [0.5, 0.6) is 0 Å². The van der Waals surface area contributed by atoms with Crippen LogP contribution in [0.3, 0.4) is 0 Å². The van der Waals surface area contributed by atoms with Crippen LogP contribution < -0.4 is 11.5 Å². The van der Waals surface area contributed by atoms with Crippen molar-refractivity contribution in [3.8, 4) is 0 Å². The fraction of sp³-hybridized carbons (Fsp3) is 0.613. The molecular formula is C31H33F12N5O7. The lowest BCUT2D eigenvalue weighted by molar-refractivity contribution is -0.202. The molecule has 2 amide bonds. The van der Waals surface area contributed by atoms with Gasteiger partial charge in [0.1, 0.15) is 22.7 Å². The molecule has 2 aromatic rings. The zero-order valence-electron chi connectivity index (χ0n) is 28.1. The van der Waals surface area contributed by atoms with Crippen LogP contribution in [0.15, 0.2) is 16.7 Å². The van der Waals surface area contributed by atoms with Crippen LogP contribution in [0.4, 0.5) is 52.7 Å². The Morgan fingerprint density at radius 1 is 0.891 bits per heavy atom. The third-order valence-corrected chi connectivity index (χ3v) is 9.50. The number of hydrogen-bond acceptors (Lipinski definition) is 8. The summed E-state index contributed by atoms with van der Waals surface area (Å²) in [5.74, 6) is -7.44. The van der Waals surface area contributed by atoms with Crippen molar-refractivity contribution >= 4 is 24.3 Å². The summed E-state index contributed by atoms with van der Waals surface area (Å²) >= 11 is 0. The van der Waals surface area contributed by atoms with Gasteiger partial charge in [-0.2, -0.15) is 44.5 Å². The topological polar surface area (TPSA) is 203 Å². The van der Waals surface area contributed by atoms with E-state index in [1.165, 1.54) is 4.90 Å². The molecule has 0 radical (unpaired) electrons. The summed E-state index contributed by atoms with van der Waals surface area (Å²) in [4.78, 5) is 46.7. The maximum absolute atomic E-state index is 13.8. The zero-order chi connectivity index (χ0) is 41.9. The van der Waals surface area contributed by atoms with Gasteiger partial charge in [-0.3, -0.25) is 19.2 Å². The van der Waals surface area contributed by atoms with Crippen LogP contribution in [0.2, 0.25) is 0 Å². The van der Waals surface area contributed by atoms with Crippen molar-refractivity contribution in [2.24, 2.45) is 22.3 Å². The quantitative estimate of drug-likeness (QED) is 0.147. The van der Waals surface area contributed by atoms with E-state index in [9.17, 15) is 67.1 Å². The average Bonchev–Trinajstić information content (AvgIpc) is 3.97. The molecular weight excluding hydrogens is 782 g/mol. The summed E-state index contributed by atoms with van der Waals surface area (Å²) in [5, 5.41) is 18.5. The standard InChI is InChI=1S/C20H20F6N4O2.C5H6F3NO.C5H5F3O2.CH2O2/c21-12-9-14(23)13(22)7-10(12)6-11(27)8-16(31)30-5-1-2-15(30)17-28-18(29-32-17)19(3-4-19)20(24,25)26;2*6-5(7,8)4(1-2-4)3(9)10;2-1-3/h7,9,11,15H,1-6,8,27H2;1-2H2,(H2,9,10);1-2H2,(H,9,10);1H,(H,2,3)/t11-,15+;;;/m1.../s1. The van der Waals surface area contributed by atoms with Crippen molar-refractivity contribution in [3.63, 3.8) is 0 Å². The second kappa shape index (κ2) is 16.2. The number of carboxylic acids is 1. The first-order valence-corrected chi connectivity index (χ1v) is 16.1. The molecule has 1 aromatic carbocycles. The van der Waals surface area contributed by atoms with Gasteiger partial charge in [0.2, 0.25) is 17.7 Å². The number of aliphatic carboxylic acids is 1. The van der Waals surface area contributed by atoms with Gasteiger partial charge in [0.25, 0.3) is 6.47 Å². The average molecular weight is 816 g/mol. The number of amides is 2. The molecule has 1 saturated heterocycles. The lowest BCUT2D eigenvalue weighted by Gasteiger charge is -2.23.